The highest BCUT2D eigenvalue weighted by molar-refractivity contribution is 5.78. The molecule has 2 N–H and O–H groups in total. The van der Waals surface area contributed by atoms with Crippen LogP contribution in [0.1, 0.15) is 50.1 Å². The maximum Gasteiger partial charge on any atom is 0.573 e. The first-order valence-corrected chi connectivity index (χ1v) is 8.10. The minimum atomic E-state index is -4.79. The molecule has 1 aromatic rings. The molecule has 0 bridgehead atoms. The molecular weight excluding hydrogens is 339 g/mol. The summed E-state index contributed by atoms with van der Waals surface area (Å²) in [5, 5.41) is 11.7. The molecule has 0 aliphatic heterocycles. The molecule has 1 aliphatic rings. The van der Waals surface area contributed by atoms with Gasteiger partial charge in [0.05, 0.1) is 12.5 Å². The van der Waals surface area contributed by atoms with E-state index in [2.05, 4.69) is 10.1 Å². The fraction of sp³-hybridized carbons (Fsp3) is 0.529. The fourth-order valence-corrected chi connectivity index (χ4v) is 3.06. The number of hydrogen-bond acceptors (Lipinski definition) is 3. The highest BCUT2D eigenvalue weighted by Gasteiger charge is 2.31. The van der Waals surface area contributed by atoms with Crippen LogP contribution in [-0.4, -0.2) is 23.3 Å². The molecular formula is C17H20F3NO4. The number of carboxylic acids is 1. The lowest BCUT2D eigenvalue weighted by atomic mass is 10.0. The smallest absolute Gasteiger partial charge is 0.481 e. The molecule has 0 spiro atoms. The standard InChI is InChI=1S/C17H20F3NO4/c18-17(19,20)25-13-7-5-12(6-8-13)14(10-16(23)24)21-15(22)9-11-3-1-2-4-11/h5-8,11,14H,1-4,9-10H2,(H,21,22)(H,23,24). The van der Waals surface area contributed by atoms with Gasteiger partial charge in [-0.2, -0.15) is 0 Å². The minimum Gasteiger partial charge on any atom is -0.481 e. The zero-order valence-corrected chi connectivity index (χ0v) is 13.5. The normalized spacial score (nSPS) is 16.4. The van der Waals surface area contributed by atoms with Gasteiger partial charge in [0.25, 0.3) is 0 Å². The van der Waals surface area contributed by atoms with Crippen LogP contribution in [-0.2, 0) is 9.59 Å². The van der Waals surface area contributed by atoms with E-state index in [1.54, 1.807) is 0 Å². The monoisotopic (exact) mass is 359 g/mol. The molecule has 1 unspecified atom stereocenters. The number of aliphatic carboxylic acids is 1. The molecule has 1 aromatic carbocycles. The zero-order chi connectivity index (χ0) is 18.4. The summed E-state index contributed by atoms with van der Waals surface area (Å²) < 4.78 is 40.3. The first-order valence-electron chi connectivity index (χ1n) is 8.10. The summed E-state index contributed by atoms with van der Waals surface area (Å²) in [6, 6.07) is 4.04. The summed E-state index contributed by atoms with van der Waals surface area (Å²) in [6.45, 7) is 0. The Hall–Kier alpha value is -2.25. The second-order valence-corrected chi connectivity index (χ2v) is 6.19. The molecule has 1 atom stereocenters. The number of hydrogen-bond donors (Lipinski definition) is 2. The number of benzene rings is 1. The van der Waals surface area contributed by atoms with Gasteiger partial charge in [-0.05, 0) is 36.5 Å². The van der Waals surface area contributed by atoms with Crippen molar-refractivity contribution in [2.45, 2.75) is 50.9 Å². The predicted molar refractivity (Wildman–Crippen MR) is 82.8 cm³/mol. The van der Waals surface area contributed by atoms with Crippen molar-refractivity contribution < 1.29 is 32.6 Å². The number of ether oxygens (including phenoxy) is 1. The SMILES string of the molecule is O=C(O)CC(NC(=O)CC1CCCC1)c1ccc(OC(F)(F)F)cc1. The van der Waals surface area contributed by atoms with Gasteiger partial charge in [0, 0.05) is 6.42 Å². The molecule has 1 amide bonds. The summed E-state index contributed by atoms with van der Waals surface area (Å²) in [6.07, 6.45) is -0.645. The van der Waals surface area contributed by atoms with Crippen LogP contribution in [0.25, 0.3) is 0 Å². The second kappa shape index (κ2) is 8.22. The molecule has 1 fully saturated rings. The number of carbonyl (C=O) groups is 2. The summed E-state index contributed by atoms with van der Waals surface area (Å²) in [4.78, 5) is 23.2. The Balaban J connectivity index is 2.02. The van der Waals surface area contributed by atoms with Crippen LogP contribution in [0.15, 0.2) is 24.3 Å². The molecule has 1 aliphatic carbocycles. The van der Waals surface area contributed by atoms with E-state index in [1.165, 1.54) is 12.1 Å². The highest BCUT2D eigenvalue weighted by Crippen LogP contribution is 2.29. The van der Waals surface area contributed by atoms with Gasteiger partial charge in [0.1, 0.15) is 5.75 Å². The van der Waals surface area contributed by atoms with Crippen LogP contribution < -0.4 is 10.1 Å². The Morgan fingerprint density at radius 1 is 1.20 bits per heavy atom. The van der Waals surface area contributed by atoms with Crippen LogP contribution in [0.4, 0.5) is 13.2 Å². The van der Waals surface area contributed by atoms with Crippen LogP contribution in [0, 0.1) is 5.92 Å². The van der Waals surface area contributed by atoms with Crippen LogP contribution >= 0.6 is 0 Å². The Morgan fingerprint density at radius 2 is 1.80 bits per heavy atom. The maximum atomic E-state index is 12.2. The van der Waals surface area contributed by atoms with Gasteiger partial charge in [0.2, 0.25) is 5.91 Å². The molecule has 2 rings (SSSR count). The summed E-state index contributed by atoms with van der Waals surface area (Å²) in [7, 11) is 0. The summed E-state index contributed by atoms with van der Waals surface area (Å²) in [5.74, 6) is -1.44. The second-order valence-electron chi connectivity index (χ2n) is 6.19. The first kappa shape index (κ1) is 19.1. The molecule has 0 saturated heterocycles. The van der Waals surface area contributed by atoms with Gasteiger partial charge in [-0.15, -0.1) is 13.2 Å². The predicted octanol–water partition coefficient (Wildman–Crippen LogP) is 3.80. The van der Waals surface area contributed by atoms with E-state index in [9.17, 15) is 22.8 Å². The van der Waals surface area contributed by atoms with Gasteiger partial charge < -0.3 is 15.2 Å². The zero-order valence-electron chi connectivity index (χ0n) is 13.5. The van der Waals surface area contributed by atoms with Crippen molar-refractivity contribution in [3.05, 3.63) is 29.8 Å². The number of carbonyl (C=O) groups excluding carboxylic acids is 1. The highest BCUT2D eigenvalue weighted by atomic mass is 19.4. The molecule has 138 valence electrons. The summed E-state index contributed by atoms with van der Waals surface area (Å²) >= 11 is 0. The lowest BCUT2D eigenvalue weighted by Crippen LogP contribution is -2.31. The number of amides is 1. The van der Waals surface area contributed by atoms with Crippen LogP contribution in [0.3, 0.4) is 0 Å². The van der Waals surface area contributed by atoms with Gasteiger partial charge in [-0.3, -0.25) is 9.59 Å². The van der Waals surface area contributed by atoms with E-state index in [4.69, 9.17) is 5.11 Å². The minimum absolute atomic E-state index is 0.242. The van der Waals surface area contributed by atoms with E-state index in [-0.39, 0.29) is 12.3 Å². The summed E-state index contributed by atoms with van der Waals surface area (Å²) in [5.41, 5.74) is 0.414. The molecule has 5 nitrogen and oxygen atoms in total. The topological polar surface area (TPSA) is 75.6 Å². The van der Waals surface area contributed by atoms with Crippen molar-refractivity contribution in [2.75, 3.05) is 0 Å². The number of halogens is 3. The van der Waals surface area contributed by atoms with Gasteiger partial charge in [-0.1, -0.05) is 25.0 Å². The van der Waals surface area contributed by atoms with Crippen molar-refractivity contribution in [2.24, 2.45) is 5.92 Å². The van der Waals surface area contributed by atoms with E-state index in [1.807, 2.05) is 0 Å². The van der Waals surface area contributed by atoms with Crippen LogP contribution in [0.2, 0.25) is 0 Å². The largest absolute Gasteiger partial charge is 0.573 e. The van der Waals surface area contributed by atoms with E-state index >= 15 is 0 Å². The van der Waals surface area contributed by atoms with Crippen molar-refractivity contribution >= 4 is 11.9 Å². The third-order valence-electron chi connectivity index (χ3n) is 4.18. The van der Waals surface area contributed by atoms with Crippen LogP contribution in [0.5, 0.6) is 5.75 Å². The van der Waals surface area contributed by atoms with Gasteiger partial charge in [-0.25, -0.2) is 0 Å². The van der Waals surface area contributed by atoms with Crippen molar-refractivity contribution in [1.82, 2.24) is 5.32 Å². The molecule has 0 aromatic heterocycles. The average Bonchev–Trinajstić information content (AvgIpc) is 2.98. The Labute approximate surface area is 143 Å². The van der Waals surface area contributed by atoms with Crippen molar-refractivity contribution in [3.8, 4) is 5.75 Å². The molecule has 1 saturated carbocycles. The third-order valence-corrected chi connectivity index (χ3v) is 4.18. The maximum absolute atomic E-state index is 12.2. The molecule has 25 heavy (non-hydrogen) atoms. The quantitative estimate of drug-likeness (QED) is 0.776. The molecule has 8 heteroatoms. The third kappa shape index (κ3) is 6.64. The van der Waals surface area contributed by atoms with E-state index < -0.39 is 24.1 Å². The van der Waals surface area contributed by atoms with E-state index in [0.717, 1.165) is 37.8 Å². The number of alkyl halides is 3. The molecule has 0 radical (unpaired) electrons. The fourth-order valence-electron chi connectivity index (χ4n) is 3.06. The van der Waals surface area contributed by atoms with E-state index in [0.29, 0.717) is 17.9 Å². The number of carboxylic acid groups (broad SMARTS) is 1. The average molecular weight is 359 g/mol. The van der Waals surface area contributed by atoms with Gasteiger partial charge in [0.15, 0.2) is 0 Å². The number of nitrogens with one attached hydrogen (secondary N) is 1. The van der Waals surface area contributed by atoms with Gasteiger partial charge >= 0.3 is 12.3 Å². The Kier molecular flexibility index (Phi) is 6.27. The lowest BCUT2D eigenvalue weighted by molar-refractivity contribution is -0.274. The molecule has 0 heterocycles. The van der Waals surface area contributed by atoms with Crippen molar-refractivity contribution in [1.29, 1.82) is 0 Å². The van der Waals surface area contributed by atoms with Crippen molar-refractivity contribution in [3.63, 3.8) is 0 Å². The lowest BCUT2D eigenvalue weighted by Gasteiger charge is -2.19. The first-order chi connectivity index (χ1) is 11.7. The number of rotatable bonds is 7. The Morgan fingerprint density at radius 3 is 2.32 bits per heavy atom. The Bertz CT molecular complexity index is 595.